The molecule has 0 spiro atoms. The van der Waals surface area contributed by atoms with Gasteiger partial charge in [-0.15, -0.1) is 0 Å². The van der Waals surface area contributed by atoms with Crippen LogP contribution in [-0.4, -0.2) is 26.5 Å². The second-order valence-electron chi connectivity index (χ2n) is 6.49. The summed E-state index contributed by atoms with van der Waals surface area (Å²) in [7, 11) is 0. The van der Waals surface area contributed by atoms with Crippen molar-refractivity contribution >= 4 is 22.5 Å². The van der Waals surface area contributed by atoms with E-state index in [1.54, 1.807) is 24.4 Å². The minimum atomic E-state index is -0.483. The van der Waals surface area contributed by atoms with Crippen LogP contribution in [-0.2, 0) is 0 Å². The lowest BCUT2D eigenvalue weighted by atomic mass is 10.0. The Morgan fingerprint density at radius 1 is 1.15 bits per heavy atom. The standard InChI is InChI=1S/C21H18ClN3O2/c1-13-18-10-14(5-6-19(18)24-23-13)15-7-8-25(21(27)11-15)20(12-26)16-3-2-4-17(22)9-16/h2-11,20,26H,12H2,1H3,(H,23,24)/t20-/m1/s1. The Bertz CT molecular complexity index is 1180. The van der Waals surface area contributed by atoms with Crippen molar-refractivity contribution in [1.29, 1.82) is 0 Å². The number of aromatic nitrogens is 3. The number of aromatic amines is 1. The topological polar surface area (TPSA) is 70.9 Å². The van der Waals surface area contributed by atoms with Gasteiger partial charge < -0.3 is 9.67 Å². The zero-order valence-electron chi connectivity index (χ0n) is 14.7. The maximum absolute atomic E-state index is 12.8. The van der Waals surface area contributed by atoms with Gasteiger partial charge in [0.15, 0.2) is 0 Å². The van der Waals surface area contributed by atoms with Crippen molar-refractivity contribution in [3.8, 4) is 11.1 Å². The summed E-state index contributed by atoms with van der Waals surface area (Å²) in [6.07, 6.45) is 1.71. The number of fused-ring (bicyclic) bond motifs is 1. The van der Waals surface area contributed by atoms with Crippen LogP contribution < -0.4 is 5.56 Å². The highest BCUT2D eigenvalue weighted by molar-refractivity contribution is 6.30. The molecule has 0 saturated heterocycles. The van der Waals surface area contributed by atoms with Gasteiger partial charge in [0.05, 0.1) is 18.2 Å². The summed E-state index contributed by atoms with van der Waals surface area (Å²) >= 11 is 6.05. The van der Waals surface area contributed by atoms with Crippen LogP contribution in [0.5, 0.6) is 0 Å². The first-order valence-corrected chi connectivity index (χ1v) is 8.98. The van der Waals surface area contributed by atoms with E-state index in [0.29, 0.717) is 5.02 Å². The summed E-state index contributed by atoms with van der Waals surface area (Å²) in [5.74, 6) is 0. The minimum absolute atomic E-state index is 0.185. The highest BCUT2D eigenvalue weighted by Crippen LogP contribution is 2.25. The van der Waals surface area contributed by atoms with Crippen LogP contribution in [0.1, 0.15) is 17.3 Å². The molecule has 4 aromatic rings. The third-order valence-electron chi connectivity index (χ3n) is 4.77. The van der Waals surface area contributed by atoms with E-state index < -0.39 is 6.04 Å². The molecule has 6 heteroatoms. The lowest BCUT2D eigenvalue weighted by Gasteiger charge is -2.18. The zero-order valence-corrected chi connectivity index (χ0v) is 15.4. The first kappa shape index (κ1) is 17.5. The lowest BCUT2D eigenvalue weighted by Crippen LogP contribution is -2.26. The quantitative estimate of drug-likeness (QED) is 0.564. The molecule has 4 rings (SSSR count). The first-order valence-electron chi connectivity index (χ1n) is 8.60. The van der Waals surface area contributed by atoms with Gasteiger partial charge in [0.25, 0.3) is 5.56 Å². The van der Waals surface area contributed by atoms with Gasteiger partial charge in [-0.2, -0.15) is 5.10 Å². The molecule has 0 fully saturated rings. The van der Waals surface area contributed by atoms with E-state index >= 15 is 0 Å². The van der Waals surface area contributed by atoms with Crippen molar-refractivity contribution in [3.63, 3.8) is 0 Å². The molecule has 0 aliphatic carbocycles. The van der Waals surface area contributed by atoms with Crippen LogP contribution in [0.15, 0.2) is 65.6 Å². The molecule has 5 nitrogen and oxygen atoms in total. The minimum Gasteiger partial charge on any atom is -0.394 e. The number of hydrogen-bond donors (Lipinski definition) is 2. The highest BCUT2D eigenvalue weighted by atomic mass is 35.5. The predicted octanol–water partition coefficient (Wildman–Crippen LogP) is 3.94. The van der Waals surface area contributed by atoms with Gasteiger partial charge in [0.1, 0.15) is 0 Å². The van der Waals surface area contributed by atoms with Crippen molar-refractivity contribution in [1.82, 2.24) is 14.8 Å². The number of benzene rings is 2. The Morgan fingerprint density at radius 3 is 2.70 bits per heavy atom. The van der Waals surface area contributed by atoms with Gasteiger partial charge in [-0.05, 0) is 53.9 Å². The maximum Gasteiger partial charge on any atom is 0.251 e. The van der Waals surface area contributed by atoms with Crippen LogP contribution in [0.2, 0.25) is 5.02 Å². The monoisotopic (exact) mass is 379 g/mol. The van der Waals surface area contributed by atoms with Crippen LogP contribution in [0.4, 0.5) is 0 Å². The molecule has 0 radical (unpaired) electrons. The van der Waals surface area contributed by atoms with Crippen LogP contribution in [0.25, 0.3) is 22.0 Å². The number of aryl methyl sites for hydroxylation is 1. The van der Waals surface area contributed by atoms with Crippen LogP contribution in [0.3, 0.4) is 0 Å². The smallest absolute Gasteiger partial charge is 0.251 e. The molecule has 2 aromatic heterocycles. The number of pyridine rings is 1. The summed E-state index contributed by atoms with van der Waals surface area (Å²) in [4.78, 5) is 12.8. The van der Waals surface area contributed by atoms with Gasteiger partial charge in [-0.1, -0.05) is 29.8 Å². The fraction of sp³-hybridized carbons (Fsp3) is 0.143. The molecule has 2 heterocycles. The van der Waals surface area contributed by atoms with E-state index in [1.165, 1.54) is 4.57 Å². The summed E-state index contributed by atoms with van der Waals surface area (Å²) in [6, 6.07) is 16.1. The van der Waals surface area contributed by atoms with E-state index in [-0.39, 0.29) is 12.2 Å². The molecule has 0 aliphatic heterocycles. The van der Waals surface area contributed by atoms with Crippen molar-refractivity contribution in [2.24, 2.45) is 0 Å². The lowest BCUT2D eigenvalue weighted by molar-refractivity contribution is 0.247. The van der Waals surface area contributed by atoms with Gasteiger partial charge in [0.2, 0.25) is 0 Å². The third kappa shape index (κ3) is 3.27. The third-order valence-corrected chi connectivity index (χ3v) is 5.00. The van der Waals surface area contributed by atoms with E-state index in [4.69, 9.17) is 11.6 Å². The fourth-order valence-corrected chi connectivity index (χ4v) is 3.51. The van der Waals surface area contributed by atoms with E-state index in [9.17, 15) is 9.90 Å². The van der Waals surface area contributed by atoms with Gasteiger partial charge in [-0.3, -0.25) is 9.89 Å². The average molecular weight is 380 g/mol. The average Bonchev–Trinajstić information content (AvgIpc) is 3.04. The van der Waals surface area contributed by atoms with Crippen LogP contribution >= 0.6 is 11.6 Å². The number of hydrogen-bond acceptors (Lipinski definition) is 3. The molecular weight excluding hydrogens is 362 g/mol. The van der Waals surface area contributed by atoms with E-state index in [1.807, 2.05) is 43.3 Å². The molecule has 0 bridgehead atoms. The summed E-state index contributed by atoms with van der Waals surface area (Å²) in [5, 5.41) is 18.6. The van der Waals surface area contributed by atoms with E-state index in [0.717, 1.165) is 33.3 Å². The molecule has 136 valence electrons. The van der Waals surface area contributed by atoms with Gasteiger partial charge in [0, 0.05) is 28.4 Å². The zero-order chi connectivity index (χ0) is 19.0. The molecule has 0 aliphatic rings. The Balaban J connectivity index is 1.75. The molecule has 2 N–H and O–H groups in total. The molecule has 27 heavy (non-hydrogen) atoms. The summed E-state index contributed by atoms with van der Waals surface area (Å²) in [6.45, 7) is 1.77. The molecule has 0 unspecified atom stereocenters. The fourth-order valence-electron chi connectivity index (χ4n) is 3.31. The second-order valence-corrected chi connectivity index (χ2v) is 6.93. The molecular formula is C21H18ClN3O2. The predicted molar refractivity (Wildman–Crippen MR) is 107 cm³/mol. The normalized spacial score (nSPS) is 12.4. The molecule has 0 amide bonds. The Hall–Kier alpha value is -2.89. The van der Waals surface area contributed by atoms with Crippen molar-refractivity contribution in [2.45, 2.75) is 13.0 Å². The summed E-state index contributed by atoms with van der Waals surface area (Å²) in [5.41, 5.74) is 4.25. The number of H-pyrrole nitrogens is 1. The van der Waals surface area contributed by atoms with Crippen LogP contribution in [0, 0.1) is 6.92 Å². The number of nitrogens with one attached hydrogen (secondary N) is 1. The number of aliphatic hydroxyl groups is 1. The second kappa shape index (κ2) is 7.02. The Labute approximate surface area is 160 Å². The Kier molecular flexibility index (Phi) is 4.56. The highest BCUT2D eigenvalue weighted by Gasteiger charge is 2.15. The largest absolute Gasteiger partial charge is 0.394 e. The maximum atomic E-state index is 12.8. The Morgan fingerprint density at radius 2 is 1.96 bits per heavy atom. The molecule has 1 atom stereocenters. The van der Waals surface area contributed by atoms with Crippen molar-refractivity contribution in [2.75, 3.05) is 6.61 Å². The summed E-state index contributed by atoms with van der Waals surface area (Å²) < 4.78 is 1.52. The van der Waals surface area contributed by atoms with E-state index in [2.05, 4.69) is 10.2 Å². The number of nitrogens with zero attached hydrogens (tertiary/aromatic N) is 2. The number of aliphatic hydroxyl groups excluding tert-OH is 1. The SMILES string of the molecule is Cc1[nH]nc2ccc(-c3ccn([C@H](CO)c4cccc(Cl)c4)c(=O)c3)cc12. The molecule has 0 saturated carbocycles. The number of rotatable bonds is 4. The van der Waals surface area contributed by atoms with Crippen molar-refractivity contribution < 1.29 is 5.11 Å². The molecule has 2 aromatic carbocycles. The first-order chi connectivity index (χ1) is 13.1. The van der Waals surface area contributed by atoms with Crippen molar-refractivity contribution in [3.05, 3.63) is 87.4 Å². The van der Waals surface area contributed by atoms with Gasteiger partial charge in [-0.25, -0.2) is 0 Å². The number of halogens is 1. The van der Waals surface area contributed by atoms with Gasteiger partial charge >= 0.3 is 0 Å².